The van der Waals surface area contributed by atoms with Crippen LogP contribution in [0.3, 0.4) is 0 Å². The van der Waals surface area contributed by atoms with Gasteiger partial charge in [-0.05, 0) is 11.8 Å². The van der Waals surface area contributed by atoms with Gasteiger partial charge in [-0.15, -0.1) is 0 Å². The summed E-state index contributed by atoms with van der Waals surface area (Å²) in [6, 6.07) is 0. The minimum Gasteiger partial charge on any atom is -0.412 e. The number of hydrogen-bond donors (Lipinski definition) is 0. The van der Waals surface area contributed by atoms with E-state index in [0.717, 1.165) is 24.7 Å². The molecule has 0 aromatic carbocycles. The van der Waals surface area contributed by atoms with Crippen LogP contribution in [0.2, 0.25) is 0 Å². The molecule has 0 atom stereocenters. The Bertz CT molecular complexity index is 62.7. The predicted octanol–water partition coefficient (Wildman–Crippen LogP) is 3.69. The van der Waals surface area contributed by atoms with Crippen LogP contribution >= 0.6 is 0 Å². The van der Waals surface area contributed by atoms with Crippen molar-refractivity contribution in [3.05, 3.63) is 13.8 Å². The SMILES string of the molecule is O.[CH2-]CCC(C)C.[CH2-]CCC(C)C.[Hf]. The molecular weight excluding hydrogens is 339 g/mol. The summed E-state index contributed by atoms with van der Waals surface area (Å²) >= 11 is 0. The van der Waals surface area contributed by atoms with Gasteiger partial charge in [0.1, 0.15) is 0 Å². The van der Waals surface area contributed by atoms with Gasteiger partial charge in [-0.25, -0.2) is 0 Å². The summed E-state index contributed by atoms with van der Waals surface area (Å²) in [7, 11) is 0. The fraction of sp³-hybridized carbons (Fsp3) is 0.833. The quantitative estimate of drug-likeness (QED) is 0.537. The maximum Gasteiger partial charge on any atom is 0 e. The molecule has 88 valence electrons. The maximum absolute atomic E-state index is 3.73. The van der Waals surface area contributed by atoms with Crippen molar-refractivity contribution in [1.82, 2.24) is 0 Å². The van der Waals surface area contributed by atoms with Gasteiger partial charge in [-0.3, -0.25) is 0 Å². The molecule has 2 heteroatoms. The van der Waals surface area contributed by atoms with Crippen molar-refractivity contribution in [2.24, 2.45) is 11.8 Å². The monoisotopic (exact) mass is 368 g/mol. The van der Waals surface area contributed by atoms with Gasteiger partial charge in [0.25, 0.3) is 0 Å². The van der Waals surface area contributed by atoms with E-state index in [0.29, 0.717) is 0 Å². The van der Waals surface area contributed by atoms with E-state index in [-0.39, 0.29) is 31.3 Å². The normalized spacial score (nSPS) is 8.57. The molecule has 0 unspecified atom stereocenters. The van der Waals surface area contributed by atoms with Gasteiger partial charge < -0.3 is 19.3 Å². The minimum atomic E-state index is 0. The van der Waals surface area contributed by atoms with Crippen molar-refractivity contribution in [3.8, 4) is 0 Å². The van der Waals surface area contributed by atoms with Gasteiger partial charge in [0.2, 0.25) is 0 Å². The van der Waals surface area contributed by atoms with Gasteiger partial charge >= 0.3 is 0 Å². The number of rotatable bonds is 4. The fourth-order valence-corrected chi connectivity index (χ4v) is 0.816. The summed E-state index contributed by atoms with van der Waals surface area (Å²) < 4.78 is 0. The molecule has 0 rings (SSSR count). The van der Waals surface area contributed by atoms with Crippen LogP contribution < -0.4 is 0 Å². The van der Waals surface area contributed by atoms with Gasteiger partial charge in [-0.1, -0.05) is 40.5 Å². The van der Waals surface area contributed by atoms with Crippen molar-refractivity contribution in [3.63, 3.8) is 0 Å². The van der Waals surface area contributed by atoms with E-state index in [2.05, 4.69) is 41.5 Å². The Morgan fingerprint density at radius 2 is 1.00 bits per heavy atom. The van der Waals surface area contributed by atoms with Gasteiger partial charge in [0.15, 0.2) is 0 Å². The third kappa shape index (κ3) is 38.5. The zero-order valence-electron chi connectivity index (χ0n) is 10.4. The molecule has 0 radical (unpaired) electrons. The molecule has 14 heavy (non-hydrogen) atoms. The average Bonchev–Trinajstić information content (AvgIpc) is 1.87. The Balaban J connectivity index is -0.0000000625. The standard InChI is InChI=1S/2C6H13.Hf.H2O/c2*1-4-5-6(2)3;;/h2*6H,1,4-5H2,2-3H3;;1H2/q2*-1;;. The van der Waals surface area contributed by atoms with E-state index in [1.165, 1.54) is 12.8 Å². The van der Waals surface area contributed by atoms with Crippen molar-refractivity contribution >= 4 is 0 Å². The van der Waals surface area contributed by atoms with Gasteiger partial charge in [0.05, 0.1) is 0 Å². The molecule has 0 amide bonds. The molecule has 0 aromatic rings. The Labute approximate surface area is 110 Å². The molecule has 0 heterocycles. The van der Waals surface area contributed by atoms with Crippen LogP contribution in [-0.2, 0) is 25.8 Å². The maximum atomic E-state index is 3.73. The minimum absolute atomic E-state index is 0. The molecule has 0 fully saturated rings. The Kier molecular flexibility index (Phi) is 33.5. The first-order valence-corrected chi connectivity index (χ1v) is 5.13. The summed E-state index contributed by atoms with van der Waals surface area (Å²) in [5, 5.41) is 0. The molecule has 0 aliphatic rings. The Morgan fingerprint density at radius 1 is 0.786 bits per heavy atom. The zero-order valence-corrected chi connectivity index (χ0v) is 14.0. The fourth-order valence-electron chi connectivity index (χ4n) is 0.816. The Hall–Kier alpha value is 0.830. The first kappa shape index (κ1) is 24.2. The zero-order chi connectivity index (χ0) is 9.98. The molecule has 0 aliphatic carbocycles. The van der Waals surface area contributed by atoms with Crippen LogP contribution in [0.25, 0.3) is 0 Å². The van der Waals surface area contributed by atoms with Crippen LogP contribution in [0.1, 0.15) is 53.4 Å². The number of hydrogen-bond acceptors (Lipinski definition) is 0. The molecule has 0 bridgehead atoms. The Morgan fingerprint density at radius 3 is 1.00 bits per heavy atom. The van der Waals surface area contributed by atoms with E-state index in [9.17, 15) is 0 Å². The third-order valence-electron chi connectivity index (χ3n) is 1.56. The molecule has 0 saturated heterocycles. The summed E-state index contributed by atoms with van der Waals surface area (Å²) in [4.78, 5) is 0. The second-order valence-electron chi connectivity index (χ2n) is 4.07. The molecule has 0 spiro atoms. The average molecular weight is 367 g/mol. The van der Waals surface area contributed by atoms with E-state index in [1.54, 1.807) is 0 Å². The van der Waals surface area contributed by atoms with Crippen LogP contribution in [0, 0.1) is 25.7 Å². The summed E-state index contributed by atoms with van der Waals surface area (Å²) in [5.41, 5.74) is 0. The summed E-state index contributed by atoms with van der Waals surface area (Å²) in [6.45, 7) is 16.3. The topological polar surface area (TPSA) is 31.5 Å². The second-order valence-corrected chi connectivity index (χ2v) is 4.07. The van der Waals surface area contributed by atoms with Gasteiger partial charge in [-0.2, -0.15) is 12.8 Å². The van der Waals surface area contributed by atoms with Crippen LogP contribution in [0.4, 0.5) is 0 Å². The smallest absolute Gasteiger partial charge is 0 e. The first-order chi connectivity index (χ1) is 5.54. The summed E-state index contributed by atoms with van der Waals surface area (Å²) in [6.07, 6.45) is 4.69. The van der Waals surface area contributed by atoms with Crippen LogP contribution in [-0.4, -0.2) is 5.48 Å². The molecule has 0 saturated carbocycles. The first-order valence-electron chi connectivity index (χ1n) is 5.13. The van der Waals surface area contributed by atoms with Gasteiger partial charge in [0, 0.05) is 25.8 Å². The molecule has 0 aliphatic heterocycles. The third-order valence-corrected chi connectivity index (χ3v) is 1.56. The largest absolute Gasteiger partial charge is 0.412 e. The predicted molar refractivity (Wildman–Crippen MR) is 62.5 cm³/mol. The van der Waals surface area contributed by atoms with Crippen molar-refractivity contribution < 1.29 is 31.3 Å². The van der Waals surface area contributed by atoms with E-state index < -0.39 is 0 Å². The van der Waals surface area contributed by atoms with Crippen LogP contribution in [0.5, 0.6) is 0 Å². The van der Waals surface area contributed by atoms with E-state index >= 15 is 0 Å². The molecule has 1 nitrogen and oxygen atoms in total. The van der Waals surface area contributed by atoms with E-state index in [1.807, 2.05) is 0 Å². The molecule has 2 N–H and O–H groups in total. The molecular formula is C12H28HfO-2. The molecule has 0 aromatic heterocycles. The second kappa shape index (κ2) is 19.4. The summed E-state index contributed by atoms with van der Waals surface area (Å²) in [5.74, 6) is 1.67. The van der Waals surface area contributed by atoms with Crippen molar-refractivity contribution in [2.45, 2.75) is 53.4 Å². The van der Waals surface area contributed by atoms with E-state index in [4.69, 9.17) is 0 Å². The van der Waals surface area contributed by atoms with Crippen molar-refractivity contribution in [1.29, 1.82) is 0 Å². The van der Waals surface area contributed by atoms with Crippen molar-refractivity contribution in [2.75, 3.05) is 0 Å². The van der Waals surface area contributed by atoms with Crippen LogP contribution in [0.15, 0.2) is 0 Å².